The van der Waals surface area contributed by atoms with Crippen LogP contribution >= 0.6 is 0 Å². The maximum atomic E-state index is 13.0. The van der Waals surface area contributed by atoms with Gasteiger partial charge in [-0.05, 0) is 41.5 Å². The van der Waals surface area contributed by atoms with Crippen LogP contribution < -0.4 is 15.9 Å². The van der Waals surface area contributed by atoms with Crippen molar-refractivity contribution in [3.63, 3.8) is 0 Å². The average molecular weight is 468 g/mol. The van der Waals surface area contributed by atoms with E-state index < -0.39 is 0 Å². The number of hydrogen-bond acceptors (Lipinski definition) is 3. The zero-order chi connectivity index (χ0) is 24.5. The highest BCUT2D eigenvalue weighted by Crippen LogP contribution is 2.31. The second kappa shape index (κ2) is 9.18. The van der Waals surface area contributed by atoms with E-state index in [1.807, 2.05) is 56.7 Å². The van der Waals surface area contributed by atoms with Crippen LogP contribution in [0, 0.1) is 0 Å². The molecule has 0 aliphatic rings. The van der Waals surface area contributed by atoms with Crippen molar-refractivity contribution < 1.29 is 4.79 Å². The van der Waals surface area contributed by atoms with E-state index in [1.165, 1.54) is 4.57 Å². The third-order valence-electron chi connectivity index (χ3n) is 6.67. The van der Waals surface area contributed by atoms with Gasteiger partial charge in [0.15, 0.2) is 0 Å². The van der Waals surface area contributed by atoms with Gasteiger partial charge < -0.3 is 15.2 Å². The molecule has 1 atom stereocenters. The Morgan fingerprint density at radius 1 is 0.971 bits per heavy atom. The van der Waals surface area contributed by atoms with Gasteiger partial charge in [-0.2, -0.15) is 0 Å². The van der Waals surface area contributed by atoms with Crippen LogP contribution in [0.4, 0.5) is 5.69 Å². The number of carbonyl (C=O) groups excluding carboxylic acids is 1. The van der Waals surface area contributed by atoms with E-state index in [0.717, 1.165) is 38.8 Å². The Kier molecular flexibility index (Phi) is 5.91. The first-order valence-electron chi connectivity index (χ1n) is 11.7. The molecule has 7 nitrogen and oxygen atoms in total. The van der Waals surface area contributed by atoms with Crippen LogP contribution in [-0.4, -0.2) is 40.7 Å². The first-order valence-corrected chi connectivity index (χ1v) is 11.7. The summed E-state index contributed by atoms with van der Waals surface area (Å²) >= 11 is 0. The van der Waals surface area contributed by atoms with Crippen LogP contribution in [0.1, 0.15) is 17.0 Å². The van der Waals surface area contributed by atoms with Gasteiger partial charge in [0.25, 0.3) is 0 Å². The number of nitrogens with one attached hydrogen (secondary N) is 2. The quantitative estimate of drug-likeness (QED) is 0.382. The molecule has 7 heteroatoms. The summed E-state index contributed by atoms with van der Waals surface area (Å²) in [4.78, 5) is 31.2. The van der Waals surface area contributed by atoms with Crippen molar-refractivity contribution >= 4 is 33.5 Å². The molecule has 35 heavy (non-hydrogen) atoms. The molecule has 2 aromatic heterocycles. The smallest absolute Gasteiger partial charge is 0.329 e. The SMILES string of the molecule is CN(C)c1ccc([C@@H](CNC(=O)Cn2c(=O)n(C)c3ccccc32)c2c[nH]c3ccccc23)cc1. The van der Waals surface area contributed by atoms with E-state index >= 15 is 0 Å². The molecule has 0 saturated heterocycles. The molecule has 0 radical (unpaired) electrons. The lowest BCUT2D eigenvalue weighted by molar-refractivity contribution is -0.121. The van der Waals surface area contributed by atoms with Crippen molar-refractivity contribution in [1.29, 1.82) is 0 Å². The second-order valence-electron chi connectivity index (χ2n) is 9.05. The lowest BCUT2D eigenvalue weighted by atomic mass is 9.90. The number of benzene rings is 3. The minimum atomic E-state index is -0.200. The number of carbonyl (C=O) groups is 1. The highest BCUT2D eigenvalue weighted by Gasteiger charge is 2.20. The number of para-hydroxylation sites is 3. The number of aromatic nitrogens is 3. The standard InChI is InChI=1S/C28H29N5O2/c1-31(2)20-14-12-19(13-15-20)22(23-17-29-24-9-5-4-8-21(23)24)16-30-27(34)18-33-26-11-7-6-10-25(26)32(3)28(33)35/h4-15,17,22,29H,16,18H2,1-3H3,(H,30,34)/t22-/m1/s1. The number of rotatable bonds is 7. The monoisotopic (exact) mass is 467 g/mol. The number of amides is 1. The second-order valence-corrected chi connectivity index (χ2v) is 9.05. The molecule has 0 bridgehead atoms. The van der Waals surface area contributed by atoms with Gasteiger partial charge in [0.1, 0.15) is 6.54 Å². The van der Waals surface area contributed by atoms with Crippen LogP contribution in [-0.2, 0) is 18.4 Å². The number of aromatic amines is 1. The van der Waals surface area contributed by atoms with Crippen molar-refractivity contribution in [3.8, 4) is 0 Å². The summed E-state index contributed by atoms with van der Waals surface area (Å²) in [5.41, 5.74) is 5.78. The molecule has 5 aromatic rings. The van der Waals surface area contributed by atoms with Crippen molar-refractivity contribution in [2.75, 3.05) is 25.5 Å². The Labute approximate surface area is 203 Å². The minimum Gasteiger partial charge on any atom is -0.378 e. The third kappa shape index (κ3) is 4.21. The van der Waals surface area contributed by atoms with Crippen molar-refractivity contribution in [3.05, 3.63) is 101 Å². The Morgan fingerprint density at radius 3 is 2.40 bits per heavy atom. The van der Waals surface area contributed by atoms with Gasteiger partial charge in [-0.25, -0.2) is 4.79 Å². The molecule has 1 amide bonds. The molecule has 0 aliphatic carbocycles. The van der Waals surface area contributed by atoms with Crippen LogP contribution in [0.15, 0.2) is 83.8 Å². The van der Waals surface area contributed by atoms with E-state index in [-0.39, 0.29) is 24.1 Å². The maximum Gasteiger partial charge on any atom is 0.329 e. The van der Waals surface area contributed by atoms with E-state index in [9.17, 15) is 9.59 Å². The van der Waals surface area contributed by atoms with Crippen molar-refractivity contribution in [1.82, 2.24) is 19.4 Å². The zero-order valence-corrected chi connectivity index (χ0v) is 20.2. The van der Waals surface area contributed by atoms with E-state index in [4.69, 9.17) is 0 Å². The molecule has 2 N–H and O–H groups in total. The fourth-order valence-corrected chi connectivity index (χ4v) is 4.73. The molecular formula is C28H29N5O2. The minimum absolute atomic E-state index is 0.0274. The summed E-state index contributed by atoms with van der Waals surface area (Å²) < 4.78 is 3.10. The molecule has 0 fully saturated rings. The van der Waals surface area contributed by atoms with Gasteiger partial charge in [-0.3, -0.25) is 13.9 Å². The highest BCUT2D eigenvalue weighted by atomic mass is 16.2. The summed E-state index contributed by atoms with van der Waals surface area (Å²) in [6.45, 7) is 0.391. The highest BCUT2D eigenvalue weighted by molar-refractivity contribution is 5.85. The Bertz CT molecular complexity index is 1560. The average Bonchev–Trinajstić information content (AvgIpc) is 3.40. The van der Waals surface area contributed by atoms with Gasteiger partial charge >= 0.3 is 5.69 Å². The lowest BCUT2D eigenvalue weighted by Gasteiger charge is -2.20. The molecule has 0 aliphatic heterocycles. The Balaban J connectivity index is 1.43. The molecule has 2 heterocycles. The summed E-state index contributed by atoms with van der Waals surface area (Å²) in [5.74, 6) is -0.242. The third-order valence-corrected chi connectivity index (χ3v) is 6.67. The van der Waals surface area contributed by atoms with Crippen LogP contribution in [0.5, 0.6) is 0 Å². The molecule has 178 valence electrons. The first kappa shape index (κ1) is 22.5. The predicted octanol–water partition coefficient (Wildman–Crippen LogP) is 3.84. The van der Waals surface area contributed by atoms with Gasteiger partial charge in [-0.15, -0.1) is 0 Å². The zero-order valence-electron chi connectivity index (χ0n) is 20.2. The molecule has 0 unspecified atom stereocenters. The van der Waals surface area contributed by atoms with Gasteiger partial charge in [-0.1, -0.05) is 42.5 Å². The van der Waals surface area contributed by atoms with E-state index in [0.29, 0.717) is 6.54 Å². The number of imidazole rings is 1. The van der Waals surface area contributed by atoms with Crippen molar-refractivity contribution in [2.24, 2.45) is 7.05 Å². The normalized spacial score (nSPS) is 12.2. The lowest BCUT2D eigenvalue weighted by Crippen LogP contribution is -2.35. The topological polar surface area (TPSA) is 75.1 Å². The number of nitrogens with zero attached hydrogens (tertiary/aromatic N) is 3. The van der Waals surface area contributed by atoms with Crippen LogP contribution in [0.2, 0.25) is 0 Å². The largest absolute Gasteiger partial charge is 0.378 e. The number of aryl methyl sites for hydroxylation is 1. The van der Waals surface area contributed by atoms with Crippen molar-refractivity contribution in [2.45, 2.75) is 12.5 Å². The number of H-pyrrole nitrogens is 1. The van der Waals surface area contributed by atoms with Gasteiger partial charge in [0, 0.05) is 56.4 Å². The van der Waals surface area contributed by atoms with Gasteiger partial charge in [0.2, 0.25) is 5.91 Å². The summed E-state index contributed by atoms with van der Waals surface area (Å²) in [7, 11) is 5.76. The predicted molar refractivity (Wildman–Crippen MR) is 141 cm³/mol. The van der Waals surface area contributed by atoms with Crippen LogP contribution in [0.25, 0.3) is 21.9 Å². The summed E-state index contributed by atoms with van der Waals surface area (Å²) in [5, 5.41) is 4.22. The molecule has 3 aromatic carbocycles. The molecule has 0 saturated carbocycles. The summed E-state index contributed by atoms with van der Waals surface area (Å²) in [6, 6.07) is 24.1. The fraction of sp³-hybridized carbons (Fsp3) is 0.214. The number of fused-ring (bicyclic) bond motifs is 2. The number of anilines is 1. The maximum absolute atomic E-state index is 13.0. The molecular weight excluding hydrogens is 438 g/mol. The molecule has 5 rings (SSSR count). The fourth-order valence-electron chi connectivity index (χ4n) is 4.73. The number of hydrogen-bond donors (Lipinski definition) is 2. The van der Waals surface area contributed by atoms with E-state index in [1.54, 1.807) is 11.6 Å². The Hall–Kier alpha value is -4.26. The van der Waals surface area contributed by atoms with Crippen LogP contribution in [0.3, 0.4) is 0 Å². The van der Waals surface area contributed by atoms with E-state index in [2.05, 4.69) is 51.6 Å². The van der Waals surface area contributed by atoms with Gasteiger partial charge in [0.05, 0.1) is 11.0 Å². The Morgan fingerprint density at radius 2 is 1.66 bits per heavy atom. The summed E-state index contributed by atoms with van der Waals surface area (Å²) in [6.07, 6.45) is 2.02. The molecule has 0 spiro atoms. The first-order chi connectivity index (χ1) is 16.9.